The molecule has 3 heteroatoms. The SMILES string of the molecule is Cc1ccc(N2CCCNC(=O)C2)cc1C. The summed E-state index contributed by atoms with van der Waals surface area (Å²) in [4.78, 5) is 13.6. The number of benzene rings is 1. The lowest BCUT2D eigenvalue weighted by Crippen LogP contribution is -2.33. The Labute approximate surface area is 96.5 Å². The highest BCUT2D eigenvalue weighted by Crippen LogP contribution is 2.19. The molecule has 1 N–H and O–H groups in total. The molecule has 1 fully saturated rings. The number of carbonyl (C=O) groups is 1. The fourth-order valence-electron chi connectivity index (χ4n) is 1.95. The van der Waals surface area contributed by atoms with Crippen LogP contribution in [0, 0.1) is 13.8 Å². The number of hydrogen-bond acceptors (Lipinski definition) is 2. The smallest absolute Gasteiger partial charge is 0.239 e. The maximum atomic E-state index is 11.5. The summed E-state index contributed by atoms with van der Waals surface area (Å²) in [6.45, 7) is 6.43. The van der Waals surface area contributed by atoms with Gasteiger partial charge in [0, 0.05) is 18.8 Å². The maximum absolute atomic E-state index is 11.5. The van der Waals surface area contributed by atoms with Crippen LogP contribution in [-0.2, 0) is 4.79 Å². The van der Waals surface area contributed by atoms with Crippen molar-refractivity contribution in [3.63, 3.8) is 0 Å². The molecule has 2 rings (SSSR count). The highest BCUT2D eigenvalue weighted by molar-refractivity contribution is 5.81. The predicted molar refractivity (Wildman–Crippen MR) is 65.8 cm³/mol. The van der Waals surface area contributed by atoms with Crippen LogP contribution in [0.25, 0.3) is 0 Å². The monoisotopic (exact) mass is 218 g/mol. The van der Waals surface area contributed by atoms with Gasteiger partial charge in [0.25, 0.3) is 0 Å². The van der Waals surface area contributed by atoms with Crippen LogP contribution in [0.4, 0.5) is 5.69 Å². The Balaban J connectivity index is 2.21. The van der Waals surface area contributed by atoms with Gasteiger partial charge in [0.2, 0.25) is 5.91 Å². The summed E-state index contributed by atoms with van der Waals surface area (Å²) in [5.74, 6) is 0.121. The molecule has 1 aromatic carbocycles. The standard InChI is InChI=1S/C13H18N2O/c1-10-4-5-12(8-11(10)2)15-7-3-6-14-13(16)9-15/h4-5,8H,3,6-7,9H2,1-2H3,(H,14,16). The number of anilines is 1. The Morgan fingerprint density at radius 2 is 2.06 bits per heavy atom. The molecule has 1 aromatic rings. The van der Waals surface area contributed by atoms with Gasteiger partial charge in [-0.1, -0.05) is 6.07 Å². The Morgan fingerprint density at radius 3 is 2.81 bits per heavy atom. The Morgan fingerprint density at radius 1 is 1.25 bits per heavy atom. The summed E-state index contributed by atoms with van der Waals surface area (Å²) >= 11 is 0. The molecule has 16 heavy (non-hydrogen) atoms. The second kappa shape index (κ2) is 4.56. The molecule has 1 saturated heterocycles. The first-order chi connectivity index (χ1) is 7.66. The van der Waals surface area contributed by atoms with E-state index in [4.69, 9.17) is 0 Å². The molecule has 3 nitrogen and oxygen atoms in total. The molecule has 0 aromatic heterocycles. The average Bonchev–Trinajstić information content (AvgIpc) is 2.47. The molecular formula is C13H18N2O. The number of aryl methyl sites for hydroxylation is 2. The van der Waals surface area contributed by atoms with Crippen LogP contribution in [0.2, 0.25) is 0 Å². The van der Waals surface area contributed by atoms with E-state index in [1.165, 1.54) is 11.1 Å². The predicted octanol–water partition coefficient (Wildman–Crippen LogP) is 1.63. The number of carbonyl (C=O) groups excluding carboxylic acids is 1. The summed E-state index contributed by atoms with van der Waals surface area (Å²) in [5.41, 5.74) is 3.73. The molecule has 0 unspecified atom stereocenters. The van der Waals surface area contributed by atoms with Crippen LogP contribution in [-0.4, -0.2) is 25.5 Å². The van der Waals surface area contributed by atoms with Gasteiger partial charge >= 0.3 is 0 Å². The molecule has 0 bridgehead atoms. The van der Waals surface area contributed by atoms with Crippen molar-refractivity contribution in [3.8, 4) is 0 Å². The second-order valence-electron chi connectivity index (χ2n) is 4.39. The van der Waals surface area contributed by atoms with E-state index in [1.54, 1.807) is 0 Å². The zero-order chi connectivity index (χ0) is 11.5. The van der Waals surface area contributed by atoms with Crippen LogP contribution in [0.3, 0.4) is 0 Å². The minimum absolute atomic E-state index is 0.121. The van der Waals surface area contributed by atoms with Crippen molar-refractivity contribution in [1.82, 2.24) is 5.32 Å². The van der Waals surface area contributed by atoms with Gasteiger partial charge in [-0.25, -0.2) is 0 Å². The zero-order valence-electron chi connectivity index (χ0n) is 9.92. The number of nitrogens with zero attached hydrogens (tertiary/aromatic N) is 1. The minimum atomic E-state index is 0.121. The van der Waals surface area contributed by atoms with Gasteiger partial charge in [0.15, 0.2) is 0 Å². The molecule has 0 spiro atoms. The van der Waals surface area contributed by atoms with Crippen molar-refractivity contribution in [2.75, 3.05) is 24.5 Å². The van der Waals surface area contributed by atoms with Crippen molar-refractivity contribution in [2.45, 2.75) is 20.3 Å². The molecule has 1 aliphatic rings. The Kier molecular flexibility index (Phi) is 3.13. The van der Waals surface area contributed by atoms with Crippen molar-refractivity contribution in [2.24, 2.45) is 0 Å². The summed E-state index contributed by atoms with van der Waals surface area (Å²) in [7, 11) is 0. The van der Waals surface area contributed by atoms with E-state index in [0.717, 1.165) is 25.2 Å². The van der Waals surface area contributed by atoms with Crippen molar-refractivity contribution < 1.29 is 4.79 Å². The molecule has 0 saturated carbocycles. The first-order valence-corrected chi connectivity index (χ1v) is 5.76. The summed E-state index contributed by atoms with van der Waals surface area (Å²) in [5, 5.41) is 2.89. The number of nitrogens with one attached hydrogen (secondary N) is 1. The van der Waals surface area contributed by atoms with Gasteiger partial charge < -0.3 is 10.2 Å². The van der Waals surface area contributed by atoms with Gasteiger partial charge in [0.1, 0.15) is 0 Å². The number of rotatable bonds is 1. The number of hydrogen-bond donors (Lipinski definition) is 1. The van der Waals surface area contributed by atoms with Gasteiger partial charge in [-0.2, -0.15) is 0 Å². The topological polar surface area (TPSA) is 32.3 Å². The first kappa shape index (κ1) is 11.0. The molecule has 1 aliphatic heterocycles. The lowest BCUT2D eigenvalue weighted by molar-refractivity contribution is -0.119. The van der Waals surface area contributed by atoms with E-state index in [-0.39, 0.29) is 5.91 Å². The number of amides is 1. The van der Waals surface area contributed by atoms with E-state index in [2.05, 4.69) is 42.3 Å². The molecule has 86 valence electrons. The normalized spacial score (nSPS) is 16.9. The quantitative estimate of drug-likeness (QED) is 0.777. The molecular weight excluding hydrogens is 200 g/mol. The lowest BCUT2D eigenvalue weighted by Gasteiger charge is -2.22. The van der Waals surface area contributed by atoms with Gasteiger partial charge in [0.05, 0.1) is 6.54 Å². The lowest BCUT2D eigenvalue weighted by atomic mass is 10.1. The van der Waals surface area contributed by atoms with Crippen molar-refractivity contribution in [1.29, 1.82) is 0 Å². The highest BCUT2D eigenvalue weighted by atomic mass is 16.2. The van der Waals surface area contributed by atoms with Crippen LogP contribution in [0.1, 0.15) is 17.5 Å². The molecule has 1 heterocycles. The van der Waals surface area contributed by atoms with Crippen molar-refractivity contribution in [3.05, 3.63) is 29.3 Å². The maximum Gasteiger partial charge on any atom is 0.239 e. The van der Waals surface area contributed by atoms with Crippen LogP contribution in [0.15, 0.2) is 18.2 Å². The van der Waals surface area contributed by atoms with E-state index in [1.807, 2.05) is 0 Å². The molecule has 0 aliphatic carbocycles. The summed E-state index contributed by atoms with van der Waals surface area (Å²) in [6, 6.07) is 6.38. The highest BCUT2D eigenvalue weighted by Gasteiger charge is 2.14. The first-order valence-electron chi connectivity index (χ1n) is 5.76. The van der Waals surface area contributed by atoms with Crippen molar-refractivity contribution >= 4 is 11.6 Å². The van der Waals surface area contributed by atoms with Gasteiger partial charge in [-0.3, -0.25) is 4.79 Å². The van der Waals surface area contributed by atoms with E-state index in [9.17, 15) is 4.79 Å². The zero-order valence-corrected chi connectivity index (χ0v) is 9.92. The fourth-order valence-corrected chi connectivity index (χ4v) is 1.95. The molecule has 1 amide bonds. The fraction of sp³-hybridized carbons (Fsp3) is 0.462. The minimum Gasteiger partial charge on any atom is -0.362 e. The average molecular weight is 218 g/mol. The Bertz CT molecular complexity index is 401. The second-order valence-corrected chi connectivity index (χ2v) is 4.39. The summed E-state index contributed by atoms with van der Waals surface area (Å²) < 4.78 is 0. The van der Waals surface area contributed by atoms with Gasteiger partial charge in [-0.15, -0.1) is 0 Å². The van der Waals surface area contributed by atoms with Gasteiger partial charge in [-0.05, 0) is 43.5 Å². The van der Waals surface area contributed by atoms with Crippen LogP contribution < -0.4 is 10.2 Å². The van der Waals surface area contributed by atoms with Crippen LogP contribution in [0.5, 0.6) is 0 Å². The molecule has 0 atom stereocenters. The summed E-state index contributed by atoms with van der Waals surface area (Å²) in [6.07, 6.45) is 1.01. The third-order valence-electron chi connectivity index (χ3n) is 3.12. The van der Waals surface area contributed by atoms with E-state index < -0.39 is 0 Å². The third kappa shape index (κ3) is 2.35. The van der Waals surface area contributed by atoms with Crippen LogP contribution >= 0.6 is 0 Å². The largest absolute Gasteiger partial charge is 0.362 e. The van der Waals surface area contributed by atoms with E-state index in [0.29, 0.717) is 6.54 Å². The third-order valence-corrected chi connectivity index (χ3v) is 3.12. The van der Waals surface area contributed by atoms with E-state index >= 15 is 0 Å². The Hall–Kier alpha value is -1.51. The molecule has 0 radical (unpaired) electrons.